The normalized spacial score (nSPS) is 16.9. The van der Waals surface area contributed by atoms with Crippen LogP contribution in [0.4, 0.5) is 0 Å². The van der Waals surface area contributed by atoms with Crippen molar-refractivity contribution in [2.45, 2.75) is 0 Å². The van der Waals surface area contributed by atoms with Crippen molar-refractivity contribution >= 4 is 41.8 Å². The van der Waals surface area contributed by atoms with E-state index in [1.54, 1.807) is 12.3 Å². The fraction of sp³-hybridized carbons (Fsp3) is 0.417. The van der Waals surface area contributed by atoms with Crippen LogP contribution in [0.3, 0.4) is 0 Å². The molecule has 1 fully saturated rings. The van der Waals surface area contributed by atoms with E-state index in [4.69, 9.17) is 23.2 Å². The van der Waals surface area contributed by atoms with Gasteiger partial charge in [-0.3, -0.25) is 5.01 Å². The molecule has 0 bridgehead atoms. The molecule has 0 saturated carbocycles. The summed E-state index contributed by atoms with van der Waals surface area (Å²) in [7, 11) is 2.12. The van der Waals surface area contributed by atoms with E-state index in [2.05, 4.69) is 22.1 Å². The van der Waals surface area contributed by atoms with Crippen LogP contribution >= 0.6 is 35.6 Å². The van der Waals surface area contributed by atoms with Crippen LogP contribution in [0.15, 0.2) is 23.3 Å². The number of piperazine rings is 1. The Morgan fingerprint density at radius 1 is 1.17 bits per heavy atom. The molecule has 0 atom stereocenters. The Morgan fingerprint density at radius 3 is 2.50 bits per heavy atom. The lowest BCUT2D eigenvalue weighted by Crippen LogP contribution is -2.41. The SMILES string of the molecule is CN1CCN(N=Cc2cccc(Cl)c2Cl)CC1.Cl. The first kappa shape index (κ1) is 15.6. The van der Waals surface area contributed by atoms with E-state index in [0.717, 1.165) is 31.7 Å². The van der Waals surface area contributed by atoms with Gasteiger partial charge in [-0.2, -0.15) is 5.10 Å². The van der Waals surface area contributed by atoms with E-state index in [-0.39, 0.29) is 12.4 Å². The van der Waals surface area contributed by atoms with E-state index >= 15 is 0 Å². The number of hydrogen-bond acceptors (Lipinski definition) is 3. The van der Waals surface area contributed by atoms with Crippen LogP contribution in [-0.4, -0.2) is 49.4 Å². The molecule has 1 saturated heterocycles. The van der Waals surface area contributed by atoms with Crippen LogP contribution in [0.25, 0.3) is 0 Å². The summed E-state index contributed by atoms with van der Waals surface area (Å²) >= 11 is 12.0. The third-order valence-electron chi connectivity index (χ3n) is 2.82. The summed E-state index contributed by atoms with van der Waals surface area (Å²) in [5.74, 6) is 0. The van der Waals surface area contributed by atoms with E-state index < -0.39 is 0 Å². The lowest BCUT2D eigenvalue weighted by molar-refractivity contribution is 0.159. The minimum Gasteiger partial charge on any atom is -0.303 e. The van der Waals surface area contributed by atoms with Gasteiger partial charge in [-0.1, -0.05) is 35.3 Å². The average molecular weight is 309 g/mol. The topological polar surface area (TPSA) is 18.8 Å². The summed E-state index contributed by atoms with van der Waals surface area (Å²) in [4.78, 5) is 2.29. The Balaban J connectivity index is 0.00000162. The summed E-state index contributed by atoms with van der Waals surface area (Å²) in [6.07, 6.45) is 1.78. The van der Waals surface area contributed by atoms with E-state index in [9.17, 15) is 0 Å². The van der Waals surface area contributed by atoms with Gasteiger partial charge < -0.3 is 4.90 Å². The van der Waals surface area contributed by atoms with Crippen molar-refractivity contribution in [2.75, 3.05) is 33.2 Å². The molecular formula is C12H16Cl3N3. The Hall–Kier alpha value is -0.480. The molecule has 3 nitrogen and oxygen atoms in total. The standard InChI is InChI=1S/C12H15Cl2N3.ClH/c1-16-5-7-17(8-6-16)15-9-10-3-2-4-11(13)12(10)14;/h2-4,9H,5-8H2,1H3;1H. The van der Waals surface area contributed by atoms with Crippen LogP contribution < -0.4 is 0 Å². The molecule has 1 aliphatic rings. The van der Waals surface area contributed by atoms with Crippen LogP contribution in [0, 0.1) is 0 Å². The molecule has 0 unspecified atom stereocenters. The molecule has 18 heavy (non-hydrogen) atoms. The zero-order chi connectivity index (χ0) is 12.3. The number of nitrogens with zero attached hydrogens (tertiary/aromatic N) is 3. The van der Waals surface area contributed by atoms with Gasteiger partial charge in [0.05, 0.1) is 16.3 Å². The van der Waals surface area contributed by atoms with Gasteiger partial charge in [0, 0.05) is 31.7 Å². The number of benzene rings is 1. The molecule has 0 aromatic heterocycles. The van der Waals surface area contributed by atoms with Gasteiger partial charge in [0.2, 0.25) is 0 Å². The first-order chi connectivity index (χ1) is 8.16. The third-order valence-corrected chi connectivity index (χ3v) is 3.65. The fourth-order valence-corrected chi connectivity index (χ4v) is 2.03. The lowest BCUT2D eigenvalue weighted by atomic mass is 10.2. The highest BCUT2D eigenvalue weighted by molar-refractivity contribution is 6.43. The highest BCUT2D eigenvalue weighted by atomic mass is 35.5. The Bertz CT molecular complexity index is 415. The maximum Gasteiger partial charge on any atom is 0.0680 e. The second kappa shape index (κ2) is 7.19. The van der Waals surface area contributed by atoms with Crippen molar-refractivity contribution in [3.63, 3.8) is 0 Å². The predicted octanol–water partition coefficient (Wildman–Crippen LogP) is 3.00. The van der Waals surface area contributed by atoms with Crippen LogP contribution in [-0.2, 0) is 0 Å². The molecule has 0 radical (unpaired) electrons. The highest BCUT2D eigenvalue weighted by Gasteiger charge is 2.11. The summed E-state index contributed by atoms with van der Waals surface area (Å²) in [6.45, 7) is 3.98. The van der Waals surface area contributed by atoms with Gasteiger partial charge >= 0.3 is 0 Å². The number of rotatable bonds is 2. The molecule has 1 aliphatic heterocycles. The van der Waals surface area contributed by atoms with Gasteiger partial charge in [0.25, 0.3) is 0 Å². The second-order valence-corrected chi connectivity index (χ2v) is 4.93. The summed E-state index contributed by atoms with van der Waals surface area (Å²) in [6, 6.07) is 5.56. The van der Waals surface area contributed by atoms with E-state index in [0.29, 0.717) is 10.0 Å². The fourth-order valence-electron chi connectivity index (χ4n) is 1.68. The van der Waals surface area contributed by atoms with Crippen molar-refractivity contribution in [2.24, 2.45) is 5.10 Å². The minimum absolute atomic E-state index is 0. The van der Waals surface area contributed by atoms with Crippen LogP contribution in [0.1, 0.15) is 5.56 Å². The summed E-state index contributed by atoms with van der Waals surface area (Å²) in [5, 5.41) is 7.61. The number of halogens is 3. The van der Waals surface area contributed by atoms with Crippen molar-refractivity contribution in [1.29, 1.82) is 0 Å². The van der Waals surface area contributed by atoms with Crippen molar-refractivity contribution in [3.05, 3.63) is 33.8 Å². The average Bonchev–Trinajstić information content (AvgIpc) is 2.33. The lowest BCUT2D eigenvalue weighted by Gasteiger charge is -2.30. The first-order valence-corrected chi connectivity index (χ1v) is 6.34. The highest BCUT2D eigenvalue weighted by Crippen LogP contribution is 2.24. The molecule has 1 aromatic carbocycles. The Morgan fingerprint density at radius 2 is 1.83 bits per heavy atom. The Labute approximate surface area is 124 Å². The second-order valence-electron chi connectivity index (χ2n) is 4.14. The molecule has 0 aliphatic carbocycles. The van der Waals surface area contributed by atoms with Gasteiger partial charge in [0.15, 0.2) is 0 Å². The number of hydrazone groups is 1. The number of likely N-dealkylation sites (N-methyl/N-ethyl adjacent to an activating group) is 1. The zero-order valence-electron chi connectivity index (χ0n) is 10.1. The molecule has 2 rings (SSSR count). The quantitative estimate of drug-likeness (QED) is 0.782. The molecule has 0 spiro atoms. The van der Waals surface area contributed by atoms with Gasteiger partial charge in [-0.05, 0) is 13.1 Å². The maximum absolute atomic E-state index is 6.08. The Kier molecular flexibility index (Phi) is 6.22. The molecule has 0 N–H and O–H groups in total. The van der Waals surface area contributed by atoms with E-state index in [1.165, 1.54) is 0 Å². The summed E-state index contributed by atoms with van der Waals surface area (Å²) < 4.78 is 0. The first-order valence-electron chi connectivity index (χ1n) is 5.58. The maximum atomic E-state index is 6.08. The predicted molar refractivity (Wildman–Crippen MR) is 80.4 cm³/mol. The van der Waals surface area contributed by atoms with Gasteiger partial charge in [0.1, 0.15) is 0 Å². The largest absolute Gasteiger partial charge is 0.303 e. The molecule has 6 heteroatoms. The van der Waals surface area contributed by atoms with Crippen molar-refractivity contribution in [1.82, 2.24) is 9.91 Å². The monoisotopic (exact) mass is 307 g/mol. The molecule has 0 amide bonds. The van der Waals surface area contributed by atoms with Gasteiger partial charge in [-0.25, -0.2) is 0 Å². The molecule has 100 valence electrons. The zero-order valence-corrected chi connectivity index (χ0v) is 12.5. The number of hydrogen-bond donors (Lipinski definition) is 0. The molecule has 1 aromatic rings. The van der Waals surface area contributed by atoms with E-state index in [1.807, 2.05) is 12.1 Å². The van der Waals surface area contributed by atoms with Crippen molar-refractivity contribution < 1.29 is 0 Å². The van der Waals surface area contributed by atoms with Gasteiger partial charge in [-0.15, -0.1) is 12.4 Å². The van der Waals surface area contributed by atoms with Crippen LogP contribution in [0.5, 0.6) is 0 Å². The van der Waals surface area contributed by atoms with Crippen molar-refractivity contribution in [3.8, 4) is 0 Å². The van der Waals surface area contributed by atoms with Crippen LogP contribution in [0.2, 0.25) is 10.0 Å². The molecular weight excluding hydrogens is 293 g/mol. The molecule has 1 heterocycles. The smallest absolute Gasteiger partial charge is 0.0680 e. The third kappa shape index (κ3) is 4.02. The minimum atomic E-state index is 0. The summed E-state index contributed by atoms with van der Waals surface area (Å²) in [5.41, 5.74) is 0.859.